The van der Waals surface area contributed by atoms with Crippen molar-refractivity contribution in [3.63, 3.8) is 0 Å². The fraction of sp³-hybridized carbons (Fsp3) is 0.538. The third-order valence-electron chi connectivity index (χ3n) is 3.61. The highest BCUT2D eigenvalue weighted by molar-refractivity contribution is 9.10. The highest BCUT2D eigenvalue weighted by atomic mass is 79.9. The Morgan fingerprint density at radius 2 is 1.85 bits per heavy atom. The summed E-state index contributed by atoms with van der Waals surface area (Å²) in [4.78, 5) is 0.291. The number of nitrogens with zero attached hydrogens (tertiary/aromatic N) is 1. The van der Waals surface area contributed by atoms with Crippen molar-refractivity contribution in [1.29, 1.82) is 0 Å². The van der Waals surface area contributed by atoms with Gasteiger partial charge in [-0.15, -0.1) is 0 Å². The van der Waals surface area contributed by atoms with Gasteiger partial charge in [-0.2, -0.15) is 4.31 Å². The van der Waals surface area contributed by atoms with E-state index in [0.29, 0.717) is 37.4 Å². The van der Waals surface area contributed by atoms with Gasteiger partial charge < -0.3 is 10.4 Å². The Bertz CT molecular complexity index is 551. The van der Waals surface area contributed by atoms with Gasteiger partial charge in [0.05, 0.1) is 10.5 Å². The zero-order chi connectivity index (χ0) is 14.8. The van der Waals surface area contributed by atoms with E-state index in [0.717, 1.165) is 4.47 Å². The van der Waals surface area contributed by atoms with E-state index in [1.807, 2.05) is 0 Å². The fourth-order valence-electron chi connectivity index (χ4n) is 2.40. The van der Waals surface area contributed by atoms with E-state index in [9.17, 15) is 13.5 Å². The number of benzene rings is 1. The van der Waals surface area contributed by atoms with Gasteiger partial charge in [0.2, 0.25) is 10.0 Å². The number of piperidine rings is 1. The average molecular weight is 363 g/mol. The van der Waals surface area contributed by atoms with E-state index in [1.54, 1.807) is 31.3 Å². The predicted octanol–water partition coefficient (Wildman–Crippen LogP) is 1.18. The summed E-state index contributed by atoms with van der Waals surface area (Å²) in [5.74, 6) is 0. The summed E-state index contributed by atoms with van der Waals surface area (Å²) in [6, 6.07) is 6.62. The van der Waals surface area contributed by atoms with Crippen LogP contribution < -0.4 is 5.32 Å². The molecule has 0 saturated carbocycles. The summed E-state index contributed by atoms with van der Waals surface area (Å²) < 4.78 is 27.3. The number of rotatable bonds is 4. The molecule has 1 aliphatic heterocycles. The van der Waals surface area contributed by atoms with Crippen LogP contribution in [-0.2, 0) is 10.0 Å². The first-order chi connectivity index (χ1) is 9.37. The van der Waals surface area contributed by atoms with Crippen LogP contribution in [0.2, 0.25) is 0 Å². The first-order valence-corrected chi connectivity index (χ1v) is 8.73. The fourth-order valence-corrected chi connectivity index (χ4v) is 4.11. The molecule has 1 heterocycles. The Kier molecular flexibility index (Phi) is 4.86. The quantitative estimate of drug-likeness (QED) is 0.843. The number of hydrogen-bond acceptors (Lipinski definition) is 4. The Labute approximate surface area is 128 Å². The number of sulfonamides is 1. The molecule has 0 aliphatic carbocycles. The molecular formula is C13H19BrN2O3S. The summed E-state index contributed by atoms with van der Waals surface area (Å²) in [5.41, 5.74) is -0.805. The normalized spacial score (nSPS) is 19.9. The van der Waals surface area contributed by atoms with Gasteiger partial charge in [-0.3, -0.25) is 0 Å². The molecule has 0 radical (unpaired) electrons. The van der Waals surface area contributed by atoms with Crippen LogP contribution in [0.1, 0.15) is 12.8 Å². The van der Waals surface area contributed by atoms with E-state index in [2.05, 4.69) is 21.2 Å². The highest BCUT2D eigenvalue weighted by Crippen LogP contribution is 2.26. The Morgan fingerprint density at radius 1 is 1.30 bits per heavy atom. The first kappa shape index (κ1) is 15.9. The van der Waals surface area contributed by atoms with E-state index in [1.165, 1.54) is 4.31 Å². The monoisotopic (exact) mass is 362 g/mol. The first-order valence-electron chi connectivity index (χ1n) is 6.50. The van der Waals surface area contributed by atoms with E-state index in [-0.39, 0.29) is 0 Å². The van der Waals surface area contributed by atoms with Crippen molar-refractivity contribution in [2.24, 2.45) is 0 Å². The van der Waals surface area contributed by atoms with E-state index < -0.39 is 15.6 Å². The van der Waals surface area contributed by atoms with Crippen LogP contribution >= 0.6 is 15.9 Å². The molecule has 1 aromatic carbocycles. The Hall–Kier alpha value is -0.470. The predicted molar refractivity (Wildman–Crippen MR) is 81.0 cm³/mol. The van der Waals surface area contributed by atoms with Crippen molar-refractivity contribution >= 4 is 26.0 Å². The van der Waals surface area contributed by atoms with Crippen LogP contribution in [0.15, 0.2) is 33.6 Å². The van der Waals surface area contributed by atoms with Crippen LogP contribution in [0.25, 0.3) is 0 Å². The molecule has 5 nitrogen and oxygen atoms in total. The van der Waals surface area contributed by atoms with Crippen molar-refractivity contribution < 1.29 is 13.5 Å². The van der Waals surface area contributed by atoms with E-state index >= 15 is 0 Å². The lowest BCUT2D eigenvalue weighted by atomic mass is 9.92. The number of aliphatic hydroxyl groups is 1. The molecule has 7 heteroatoms. The second-order valence-corrected chi connectivity index (χ2v) is 7.97. The van der Waals surface area contributed by atoms with Gasteiger partial charge >= 0.3 is 0 Å². The number of halogens is 1. The largest absolute Gasteiger partial charge is 0.388 e. The Morgan fingerprint density at radius 3 is 2.35 bits per heavy atom. The minimum atomic E-state index is -3.46. The Balaban J connectivity index is 2.11. The van der Waals surface area contributed by atoms with Gasteiger partial charge in [0.15, 0.2) is 0 Å². The lowest BCUT2D eigenvalue weighted by Crippen LogP contribution is -2.50. The molecule has 1 aromatic rings. The van der Waals surface area contributed by atoms with Gasteiger partial charge in [-0.25, -0.2) is 8.42 Å². The maximum atomic E-state index is 12.5. The van der Waals surface area contributed by atoms with Crippen LogP contribution in [-0.4, -0.2) is 50.1 Å². The van der Waals surface area contributed by atoms with Gasteiger partial charge in [0, 0.05) is 24.1 Å². The van der Waals surface area contributed by atoms with Crippen molar-refractivity contribution in [3.05, 3.63) is 28.7 Å². The van der Waals surface area contributed by atoms with Crippen molar-refractivity contribution in [2.75, 3.05) is 26.7 Å². The molecule has 0 atom stereocenters. The molecule has 20 heavy (non-hydrogen) atoms. The molecule has 0 unspecified atom stereocenters. The molecule has 0 amide bonds. The zero-order valence-corrected chi connectivity index (χ0v) is 13.7. The summed E-state index contributed by atoms with van der Waals surface area (Å²) in [7, 11) is -1.68. The second-order valence-electron chi connectivity index (χ2n) is 5.11. The molecule has 0 spiro atoms. The number of hydrogen-bond donors (Lipinski definition) is 2. The standard InChI is InChI=1S/C13H19BrN2O3S/c1-15-10-13(17)6-8-16(9-7-13)20(18,19)12-4-2-11(14)3-5-12/h2-5,15,17H,6-10H2,1H3. The SMILES string of the molecule is CNCC1(O)CCN(S(=O)(=O)c2ccc(Br)cc2)CC1. The molecule has 2 rings (SSSR count). The maximum absolute atomic E-state index is 12.5. The minimum Gasteiger partial charge on any atom is -0.388 e. The average Bonchev–Trinajstić information content (AvgIpc) is 2.39. The summed E-state index contributed by atoms with van der Waals surface area (Å²) in [5, 5.41) is 13.2. The third kappa shape index (κ3) is 3.40. The van der Waals surface area contributed by atoms with Gasteiger partial charge in [0.25, 0.3) is 0 Å². The minimum absolute atomic E-state index is 0.291. The molecule has 1 aliphatic rings. The van der Waals surface area contributed by atoms with Crippen molar-refractivity contribution in [2.45, 2.75) is 23.3 Å². The molecule has 0 bridgehead atoms. The molecule has 1 saturated heterocycles. The zero-order valence-electron chi connectivity index (χ0n) is 11.3. The smallest absolute Gasteiger partial charge is 0.243 e. The number of nitrogens with one attached hydrogen (secondary N) is 1. The molecule has 112 valence electrons. The molecular weight excluding hydrogens is 344 g/mol. The highest BCUT2D eigenvalue weighted by Gasteiger charge is 2.36. The lowest BCUT2D eigenvalue weighted by Gasteiger charge is -2.37. The van der Waals surface area contributed by atoms with Crippen LogP contribution in [0.3, 0.4) is 0 Å². The lowest BCUT2D eigenvalue weighted by molar-refractivity contribution is -0.00233. The third-order valence-corrected chi connectivity index (χ3v) is 6.05. The second kappa shape index (κ2) is 6.11. The van der Waals surface area contributed by atoms with Gasteiger partial charge in [-0.05, 0) is 44.2 Å². The van der Waals surface area contributed by atoms with Gasteiger partial charge in [0.1, 0.15) is 0 Å². The van der Waals surface area contributed by atoms with E-state index in [4.69, 9.17) is 0 Å². The van der Waals surface area contributed by atoms with Crippen LogP contribution in [0.5, 0.6) is 0 Å². The number of likely N-dealkylation sites (N-methyl/N-ethyl adjacent to an activating group) is 1. The summed E-state index contributed by atoms with van der Waals surface area (Å²) in [6.45, 7) is 1.17. The molecule has 1 fully saturated rings. The maximum Gasteiger partial charge on any atom is 0.243 e. The summed E-state index contributed by atoms with van der Waals surface area (Å²) >= 11 is 3.29. The van der Waals surface area contributed by atoms with Crippen LogP contribution in [0, 0.1) is 0 Å². The topological polar surface area (TPSA) is 69.6 Å². The van der Waals surface area contributed by atoms with Crippen molar-refractivity contribution in [3.8, 4) is 0 Å². The van der Waals surface area contributed by atoms with Crippen molar-refractivity contribution in [1.82, 2.24) is 9.62 Å². The van der Waals surface area contributed by atoms with Gasteiger partial charge in [-0.1, -0.05) is 15.9 Å². The molecule has 0 aromatic heterocycles. The molecule has 2 N–H and O–H groups in total. The van der Waals surface area contributed by atoms with Crippen LogP contribution in [0.4, 0.5) is 0 Å². The summed E-state index contributed by atoms with van der Waals surface area (Å²) in [6.07, 6.45) is 0.896.